The van der Waals surface area contributed by atoms with Crippen LogP contribution in [0.5, 0.6) is 0 Å². The van der Waals surface area contributed by atoms with Gasteiger partial charge in [-0.2, -0.15) is 0 Å². The van der Waals surface area contributed by atoms with Crippen molar-refractivity contribution in [3.05, 3.63) is 35.4 Å². The molecule has 0 bridgehead atoms. The van der Waals surface area contributed by atoms with E-state index < -0.39 is 0 Å². The zero-order chi connectivity index (χ0) is 14.4. The third-order valence-electron chi connectivity index (χ3n) is 4.19. The first-order chi connectivity index (χ1) is 9.74. The van der Waals surface area contributed by atoms with Crippen LogP contribution in [0.25, 0.3) is 0 Å². The lowest BCUT2D eigenvalue weighted by molar-refractivity contribution is -0.130. The third-order valence-corrected chi connectivity index (χ3v) is 4.19. The van der Waals surface area contributed by atoms with Crippen LogP contribution in [-0.2, 0) is 11.2 Å². The summed E-state index contributed by atoms with van der Waals surface area (Å²) in [6.45, 7) is 7.85. The van der Waals surface area contributed by atoms with E-state index in [-0.39, 0.29) is 5.91 Å². The van der Waals surface area contributed by atoms with Gasteiger partial charge in [0.25, 0.3) is 0 Å². The molecule has 0 aromatic heterocycles. The van der Waals surface area contributed by atoms with Crippen LogP contribution in [0.3, 0.4) is 0 Å². The number of hydrogen-bond acceptors (Lipinski definition) is 2. The van der Waals surface area contributed by atoms with Crippen LogP contribution in [0, 0.1) is 0 Å². The van der Waals surface area contributed by atoms with Crippen molar-refractivity contribution in [3.8, 4) is 0 Å². The van der Waals surface area contributed by atoms with E-state index in [1.54, 1.807) is 0 Å². The molecule has 1 atom stereocenters. The Morgan fingerprint density at radius 2 is 2.15 bits per heavy atom. The van der Waals surface area contributed by atoms with E-state index in [0.29, 0.717) is 12.3 Å². The average Bonchev–Trinajstić information content (AvgIpc) is 2.49. The quantitative estimate of drug-likeness (QED) is 0.895. The predicted octanol–water partition coefficient (Wildman–Crippen LogP) is 2.56. The van der Waals surface area contributed by atoms with Crippen molar-refractivity contribution in [2.45, 2.75) is 39.0 Å². The number of carbonyl (C=O) groups excluding carboxylic acids is 1. The Balaban J connectivity index is 2.03. The summed E-state index contributed by atoms with van der Waals surface area (Å²) in [4.78, 5) is 14.1. The summed E-state index contributed by atoms with van der Waals surface area (Å²) in [6.07, 6.45) is 3.02. The molecular weight excluding hydrogens is 248 g/mol. The Kier molecular flexibility index (Phi) is 5.60. The van der Waals surface area contributed by atoms with Gasteiger partial charge in [-0.1, -0.05) is 24.3 Å². The maximum Gasteiger partial charge on any atom is 0.226 e. The predicted molar refractivity (Wildman–Crippen MR) is 82.9 cm³/mol. The van der Waals surface area contributed by atoms with E-state index in [1.807, 2.05) is 18.7 Å². The maximum atomic E-state index is 12.2. The number of nitrogens with zero attached hydrogens (tertiary/aromatic N) is 1. The molecule has 1 heterocycles. The molecule has 1 aliphatic heterocycles. The molecule has 3 nitrogen and oxygen atoms in total. The molecule has 0 spiro atoms. The van der Waals surface area contributed by atoms with Crippen LogP contribution in [-0.4, -0.2) is 37.0 Å². The minimum Gasteiger partial charge on any atom is -0.343 e. The van der Waals surface area contributed by atoms with Crippen molar-refractivity contribution < 1.29 is 4.79 Å². The third kappa shape index (κ3) is 3.83. The Labute approximate surface area is 122 Å². The van der Waals surface area contributed by atoms with Crippen molar-refractivity contribution >= 4 is 5.91 Å². The molecule has 0 aliphatic carbocycles. The topological polar surface area (TPSA) is 32.3 Å². The normalized spacial score (nSPS) is 18.8. The highest BCUT2D eigenvalue weighted by Crippen LogP contribution is 2.24. The van der Waals surface area contributed by atoms with Gasteiger partial charge < -0.3 is 10.2 Å². The van der Waals surface area contributed by atoms with Gasteiger partial charge in [-0.25, -0.2) is 0 Å². The Morgan fingerprint density at radius 1 is 1.35 bits per heavy atom. The number of rotatable bonds is 5. The molecule has 110 valence electrons. The van der Waals surface area contributed by atoms with Crippen LogP contribution in [0.4, 0.5) is 0 Å². The van der Waals surface area contributed by atoms with Gasteiger partial charge in [0.05, 0.1) is 6.42 Å². The molecule has 0 saturated carbocycles. The summed E-state index contributed by atoms with van der Waals surface area (Å²) < 4.78 is 0. The monoisotopic (exact) mass is 274 g/mol. The summed E-state index contributed by atoms with van der Waals surface area (Å²) >= 11 is 0. The molecule has 3 heteroatoms. The van der Waals surface area contributed by atoms with Gasteiger partial charge in [0.2, 0.25) is 5.91 Å². The lowest BCUT2D eigenvalue weighted by Crippen LogP contribution is -2.32. The summed E-state index contributed by atoms with van der Waals surface area (Å²) in [7, 11) is 0. The number of piperidine rings is 1. The fraction of sp³-hybridized carbons (Fsp3) is 0.588. The highest BCUT2D eigenvalue weighted by molar-refractivity contribution is 5.78. The standard InChI is InChI=1S/C17H26N2O/c1-3-19(4-2)17(20)12-14-7-5-8-15(11-14)16-9-6-10-18-13-16/h5,7-8,11,16,18H,3-4,6,9-10,12-13H2,1-2H3. The minimum absolute atomic E-state index is 0.230. The molecule has 20 heavy (non-hydrogen) atoms. The fourth-order valence-electron chi connectivity index (χ4n) is 2.96. The molecule has 1 aliphatic rings. The highest BCUT2D eigenvalue weighted by atomic mass is 16.2. The van der Waals surface area contributed by atoms with Crippen molar-refractivity contribution in [3.63, 3.8) is 0 Å². The van der Waals surface area contributed by atoms with Gasteiger partial charge in [-0.3, -0.25) is 4.79 Å². The van der Waals surface area contributed by atoms with Crippen molar-refractivity contribution in [1.29, 1.82) is 0 Å². The molecule has 1 fully saturated rings. The summed E-state index contributed by atoms with van der Waals surface area (Å²) in [5.74, 6) is 0.834. The molecule has 1 unspecified atom stereocenters. The Hall–Kier alpha value is -1.35. The minimum atomic E-state index is 0.230. The van der Waals surface area contributed by atoms with E-state index in [9.17, 15) is 4.79 Å². The van der Waals surface area contributed by atoms with Crippen LogP contribution in [0.1, 0.15) is 43.7 Å². The van der Waals surface area contributed by atoms with E-state index in [0.717, 1.165) is 31.7 Å². The van der Waals surface area contributed by atoms with Crippen molar-refractivity contribution in [1.82, 2.24) is 10.2 Å². The van der Waals surface area contributed by atoms with Crippen molar-refractivity contribution in [2.75, 3.05) is 26.2 Å². The highest BCUT2D eigenvalue weighted by Gasteiger charge is 2.16. The molecule has 1 saturated heterocycles. The lowest BCUT2D eigenvalue weighted by Gasteiger charge is -2.24. The van der Waals surface area contributed by atoms with Crippen LogP contribution < -0.4 is 5.32 Å². The van der Waals surface area contributed by atoms with Gasteiger partial charge in [0, 0.05) is 19.6 Å². The second kappa shape index (κ2) is 7.44. The largest absolute Gasteiger partial charge is 0.343 e. The van der Waals surface area contributed by atoms with Crippen LogP contribution in [0.2, 0.25) is 0 Å². The summed E-state index contributed by atoms with van der Waals surface area (Å²) in [6, 6.07) is 8.58. The zero-order valence-electron chi connectivity index (χ0n) is 12.7. The van der Waals surface area contributed by atoms with Gasteiger partial charge in [0.1, 0.15) is 0 Å². The van der Waals surface area contributed by atoms with Gasteiger partial charge >= 0.3 is 0 Å². The molecule has 2 rings (SSSR count). The Morgan fingerprint density at radius 3 is 2.80 bits per heavy atom. The average molecular weight is 274 g/mol. The van der Waals surface area contributed by atoms with E-state index in [2.05, 4.69) is 29.6 Å². The first-order valence-corrected chi connectivity index (χ1v) is 7.82. The van der Waals surface area contributed by atoms with Gasteiger partial charge in [-0.15, -0.1) is 0 Å². The Bertz CT molecular complexity index is 434. The molecule has 1 aromatic rings. The SMILES string of the molecule is CCN(CC)C(=O)Cc1cccc(C2CCCNC2)c1. The molecular formula is C17H26N2O. The van der Waals surface area contributed by atoms with Crippen LogP contribution in [0.15, 0.2) is 24.3 Å². The van der Waals surface area contributed by atoms with Crippen molar-refractivity contribution in [2.24, 2.45) is 0 Å². The van der Waals surface area contributed by atoms with E-state index in [1.165, 1.54) is 18.4 Å². The second-order valence-electron chi connectivity index (χ2n) is 5.53. The number of likely N-dealkylation sites (N-methyl/N-ethyl adjacent to an activating group) is 1. The number of carbonyl (C=O) groups is 1. The molecule has 1 amide bonds. The number of nitrogens with one attached hydrogen (secondary N) is 1. The first-order valence-electron chi connectivity index (χ1n) is 7.82. The van der Waals surface area contributed by atoms with Gasteiger partial charge in [-0.05, 0) is 50.3 Å². The van der Waals surface area contributed by atoms with Gasteiger partial charge in [0.15, 0.2) is 0 Å². The smallest absolute Gasteiger partial charge is 0.226 e. The maximum absolute atomic E-state index is 12.2. The number of benzene rings is 1. The molecule has 0 radical (unpaired) electrons. The first kappa shape index (κ1) is 15.0. The lowest BCUT2D eigenvalue weighted by atomic mass is 9.90. The number of hydrogen-bond donors (Lipinski definition) is 1. The van der Waals surface area contributed by atoms with Crippen LogP contribution >= 0.6 is 0 Å². The second-order valence-corrected chi connectivity index (χ2v) is 5.53. The molecule has 1 aromatic carbocycles. The molecule has 1 N–H and O–H groups in total. The summed E-state index contributed by atoms with van der Waals surface area (Å²) in [5.41, 5.74) is 2.52. The number of amides is 1. The van der Waals surface area contributed by atoms with E-state index >= 15 is 0 Å². The van der Waals surface area contributed by atoms with E-state index in [4.69, 9.17) is 0 Å². The summed E-state index contributed by atoms with van der Waals surface area (Å²) in [5, 5.41) is 3.45. The fourth-order valence-corrected chi connectivity index (χ4v) is 2.96. The zero-order valence-corrected chi connectivity index (χ0v) is 12.7.